The monoisotopic (exact) mass is 425 g/mol. The van der Waals surface area contributed by atoms with E-state index in [1.807, 2.05) is 17.9 Å². The molecule has 6 nitrogen and oxygen atoms in total. The minimum absolute atomic E-state index is 0.224. The Kier molecular flexibility index (Phi) is 5.74. The van der Waals surface area contributed by atoms with Gasteiger partial charge in [0.05, 0.1) is 11.2 Å². The molecule has 30 heavy (non-hydrogen) atoms. The van der Waals surface area contributed by atoms with Gasteiger partial charge >= 0.3 is 0 Å². The van der Waals surface area contributed by atoms with E-state index >= 15 is 0 Å². The number of thiazole rings is 1. The molecule has 5 rings (SSSR count). The Balaban J connectivity index is 1.18. The van der Waals surface area contributed by atoms with Gasteiger partial charge in [0.1, 0.15) is 0 Å². The summed E-state index contributed by atoms with van der Waals surface area (Å²) in [5, 5.41) is 2.14. The van der Waals surface area contributed by atoms with Crippen LogP contribution < -0.4 is 4.90 Å². The van der Waals surface area contributed by atoms with E-state index < -0.39 is 0 Å². The quantitative estimate of drug-likeness (QED) is 0.754. The van der Waals surface area contributed by atoms with Gasteiger partial charge in [0.2, 0.25) is 5.91 Å². The molecule has 0 spiro atoms. The van der Waals surface area contributed by atoms with Crippen molar-refractivity contribution >= 4 is 22.9 Å². The second-order valence-corrected chi connectivity index (χ2v) is 9.82. The first kappa shape index (κ1) is 19.9. The zero-order valence-electron chi connectivity index (χ0n) is 17.7. The molecule has 1 amide bonds. The predicted molar refractivity (Wildman–Crippen MR) is 119 cm³/mol. The molecule has 0 N–H and O–H groups in total. The summed E-state index contributed by atoms with van der Waals surface area (Å²) in [6, 6.07) is 2.10. The molecule has 2 aliphatic heterocycles. The highest BCUT2D eigenvalue weighted by Gasteiger charge is 2.48. The number of fused-ring (bicyclic) bond motifs is 1. The molecule has 160 valence electrons. The van der Waals surface area contributed by atoms with Crippen molar-refractivity contribution < 1.29 is 4.79 Å². The second kappa shape index (κ2) is 8.63. The zero-order chi connectivity index (χ0) is 20.5. The fourth-order valence-electron chi connectivity index (χ4n) is 5.56. The van der Waals surface area contributed by atoms with E-state index in [1.165, 1.54) is 23.4 Å². The number of carbonyl (C=O) groups excluding carboxylic acids is 1. The Bertz CT molecular complexity index is 872. The number of pyridine rings is 1. The molecule has 2 aromatic rings. The number of nitrogens with zero attached hydrogens (tertiary/aromatic N) is 5. The maximum absolute atomic E-state index is 13.4. The number of hydrogen-bond donors (Lipinski definition) is 0. The van der Waals surface area contributed by atoms with Crippen molar-refractivity contribution in [2.75, 3.05) is 44.2 Å². The Morgan fingerprint density at radius 2 is 2.17 bits per heavy atom. The topological polar surface area (TPSA) is 52.6 Å². The van der Waals surface area contributed by atoms with Crippen LogP contribution in [0.4, 0.5) is 5.69 Å². The van der Waals surface area contributed by atoms with Gasteiger partial charge in [0.15, 0.2) is 0 Å². The smallest absolute Gasteiger partial charge is 0.226 e. The van der Waals surface area contributed by atoms with E-state index in [0.29, 0.717) is 11.8 Å². The lowest BCUT2D eigenvalue weighted by atomic mass is 9.61. The minimum atomic E-state index is 0.224. The van der Waals surface area contributed by atoms with Gasteiger partial charge in [-0.05, 0) is 56.2 Å². The molecule has 3 fully saturated rings. The van der Waals surface area contributed by atoms with E-state index in [1.54, 1.807) is 11.3 Å². The third kappa shape index (κ3) is 3.97. The van der Waals surface area contributed by atoms with Gasteiger partial charge in [-0.15, -0.1) is 11.3 Å². The fourth-order valence-corrected chi connectivity index (χ4v) is 6.11. The maximum Gasteiger partial charge on any atom is 0.226 e. The van der Waals surface area contributed by atoms with Crippen LogP contribution in [0, 0.1) is 24.7 Å². The standard InChI is InChI=1S/C23H31N5OS/c1-17-12-24-5-3-22(17)27-6-2-7-28(10-9-27)23(29)20-11-18-4-8-26(14-21(18)20)13-19-15-30-16-25-19/h3,5,12,15-16,18,20-21H,2,4,6-11,13-14H2,1H3/t18-,20-,21-/m1/s1. The Morgan fingerprint density at radius 1 is 1.23 bits per heavy atom. The second-order valence-electron chi connectivity index (χ2n) is 9.10. The Hall–Kier alpha value is -1.99. The van der Waals surface area contributed by atoms with Crippen LogP contribution in [-0.2, 0) is 11.3 Å². The average molecular weight is 426 g/mol. The number of anilines is 1. The van der Waals surface area contributed by atoms with Crippen LogP contribution >= 0.6 is 11.3 Å². The fraction of sp³-hybridized carbons (Fsp3) is 0.609. The van der Waals surface area contributed by atoms with Crippen molar-refractivity contribution in [2.24, 2.45) is 17.8 Å². The third-order valence-corrected chi connectivity index (χ3v) is 7.92. The van der Waals surface area contributed by atoms with Gasteiger partial charge in [-0.1, -0.05) is 0 Å². The summed E-state index contributed by atoms with van der Waals surface area (Å²) in [6.45, 7) is 8.87. The van der Waals surface area contributed by atoms with Crippen LogP contribution in [0.2, 0.25) is 0 Å². The summed E-state index contributed by atoms with van der Waals surface area (Å²) in [5.74, 6) is 1.91. The number of amides is 1. The van der Waals surface area contributed by atoms with Gasteiger partial charge in [0, 0.05) is 68.6 Å². The molecule has 0 bridgehead atoms. The largest absolute Gasteiger partial charge is 0.369 e. The summed E-state index contributed by atoms with van der Waals surface area (Å²) in [6.07, 6.45) is 7.15. The van der Waals surface area contributed by atoms with E-state index in [4.69, 9.17) is 0 Å². The Labute approximate surface area is 182 Å². The molecule has 2 saturated heterocycles. The van der Waals surface area contributed by atoms with Gasteiger partial charge in [-0.25, -0.2) is 4.98 Å². The number of carbonyl (C=O) groups is 1. The number of hydrogen-bond acceptors (Lipinski definition) is 6. The van der Waals surface area contributed by atoms with Crippen molar-refractivity contribution in [1.29, 1.82) is 0 Å². The normalized spacial score (nSPS) is 27.3. The predicted octanol–water partition coefficient (Wildman–Crippen LogP) is 3.04. The minimum Gasteiger partial charge on any atom is -0.369 e. The molecule has 0 aromatic carbocycles. The first-order valence-corrected chi connectivity index (χ1v) is 12.2. The van der Waals surface area contributed by atoms with E-state index in [-0.39, 0.29) is 5.92 Å². The highest BCUT2D eigenvalue weighted by atomic mass is 32.1. The number of rotatable bonds is 4. The van der Waals surface area contributed by atoms with Crippen molar-refractivity contribution in [3.63, 3.8) is 0 Å². The van der Waals surface area contributed by atoms with Crippen molar-refractivity contribution in [1.82, 2.24) is 19.8 Å². The average Bonchev–Trinajstić information content (AvgIpc) is 3.12. The molecule has 0 radical (unpaired) electrons. The van der Waals surface area contributed by atoms with Gasteiger partial charge < -0.3 is 9.80 Å². The van der Waals surface area contributed by atoms with E-state index in [9.17, 15) is 4.79 Å². The summed E-state index contributed by atoms with van der Waals surface area (Å²) in [7, 11) is 0. The summed E-state index contributed by atoms with van der Waals surface area (Å²) >= 11 is 1.66. The van der Waals surface area contributed by atoms with Crippen LogP contribution in [0.5, 0.6) is 0 Å². The SMILES string of the molecule is Cc1cnccc1N1CCCN(C(=O)[C@@H]2C[C@H]3CCN(Cc4cscn4)C[C@H]32)CC1. The highest BCUT2D eigenvalue weighted by Crippen LogP contribution is 2.46. The van der Waals surface area contributed by atoms with E-state index in [0.717, 1.165) is 64.6 Å². The van der Waals surface area contributed by atoms with Crippen molar-refractivity contribution in [3.8, 4) is 0 Å². The number of aromatic nitrogens is 2. The Morgan fingerprint density at radius 3 is 3.00 bits per heavy atom. The van der Waals surface area contributed by atoms with Crippen LogP contribution in [0.1, 0.15) is 30.5 Å². The number of likely N-dealkylation sites (tertiary alicyclic amines) is 1. The van der Waals surface area contributed by atoms with Crippen LogP contribution in [0.3, 0.4) is 0 Å². The van der Waals surface area contributed by atoms with Gasteiger partial charge in [-0.3, -0.25) is 14.7 Å². The molecule has 7 heteroatoms. The molecule has 1 saturated carbocycles. The summed E-state index contributed by atoms with van der Waals surface area (Å²) < 4.78 is 0. The molecular formula is C23H31N5OS. The van der Waals surface area contributed by atoms with Gasteiger partial charge in [0.25, 0.3) is 0 Å². The molecule has 1 aliphatic carbocycles. The van der Waals surface area contributed by atoms with Gasteiger partial charge in [-0.2, -0.15) is 0 Å². The summed E-state index contributed by atoms with van der Waals surface area (Å²) in [4.78, 5) is 29.1. The van der Waals surface area contributed by atoms with Crippen molar-refractivity contribution in [3.05, 3.63) is 40.6 Å². The van der Waals surface area contributed by atoms with Crippen LogP contribution in [0.15, 0.2) is 29.4 Å². The van der Waals surface area contributed by atoms with Crippen LogP contribution in [0.25, 0.3) is 0 Å². The molecule has 2 aromatic heterocycles. The molecular weight excluding hydrogens is 394 g/mol. The van der Waals surface area contributed by atoms with E-state index in [2.05, 4.69) is 43.0 Å². The lowest BCUT2D eigenvalue weighted by Crippen LogP contribution is -2.55. The lowest BCUT2D eigenvalue weighted by Gasteiger charge is -2.51. The first-order chi connectivity index (χ1) is 14.7. The number of aryl methyl sites for hydroxylation is 1. The first-order valence-electron chi connectivity index (χ1n) is 11.2. The molecule has 4 heterocycles. The third-order valence-electron chi connectivity index (χ3n) is 7.29. The zero-order valence-corrected chi connectivity index (χ0v) is 18.6. The summed E-state index contributed by atoms with van der Waals surface area (Å²) in [5.41, 5.74) is 5.54. The number of piperidine rings is 1. The maximum atomic E-state index is 13.4. The molecule has 3 atom stereocenters. The lowest BCUT2D eigenvalue weighted by molar-refractivity contribution is -0.147. The molecule has 0 unspecified atom stereocenters. The molecule has 3 aliphatic rings. The van der Waals surface area contributed by atoms with Crippen molar-refractivity contribution in [2.45, 2.75) is 32.7 Å². The van der Waals surface area contributed by atoms with Crippen LogP contribution in [-0.4, -0.2) is 64.9 Å². The highest BCUT2D eigenvalue weighted by molar-refractivity contribution is 7.07.